The molecule has 0 aliphatic heterocycles. The minimum Gasteiger partial charge on any atom is -0.494 e. The van der Waals surface area contributed by atoms with Crippen LogP contribution in [0.1, 0.15) is 24.5 Å². The first-order valence-electron chi connectivity index (χ1n) is 11.1. The van der Waals surface area contributed by atoms with Crippen molar-refractivity contribution in [2.45, 2.75) is 24.0 Å². The van der Waals surface area contributed by atoms with Crippen molar-refractivity contribution < 1.29 is 22.6 Å². The first-order valence-corrected chi connectivity index (χ1v) is 13.2. The molecule has 13 heteroatoms. The van der Waals surface area contributed by atoms with Gasteiger partial charge in [0.1, 0.15) is 17.6 Å². The Balaban J connectivity index is 1.83. The number of rotatable bonds is 10. The summed E-state index contributed by atoms with van der Waals surface area (Å²) in [6, 6.07) is 8.44. The Morgan fingerprint density at radius 1 is 1.00 bits per heavy atom. The SMILES string of the molecule is COc1ccnc(OC)c1-n1c(CS(=O)(=O)[C@H](C)[C@@H](OC)c2ccc(Cl)cn2)nnc1-c1cccnc1. The lowest BCUT2D eigenvalue weighted by atomic mass is 10.2. The molecule has 0 radical (unpaired) electrons. The highest BCUT2D eigenvalue weighted by molar-refractivity contribution is 7.91. The fourth-order valence-corrected chi connectivity index (χ4v) is 5.42. The van der Waals surface area contributed by atoms with Crippen LogP contribution in [0.5, 0.6) is 11.6 Å². The number of aromatic nitrogens is 6. The molecule has 0 fully saturated rings. The van der Waals surface area contributed by atoms with Crippen LogP contribution in [0.15, 0.2) is 55.1 Å². The highest BCUT2D eigenvalue weighted by Crippen LogP contribution is 2.36. The second-order valence-corrected chi connectivity index (χ2v) is 10.8. The van der Waals surface area contributed by atoms with E-state index >= 15 is 0 Å². The van der Waals surface area contributed by atoms with E-state index in [1.807, 2.05) is 0 Å². The van der Waals surface area contributed by atoms with E-state index in [4.69, 9.17) is 25.8 Å². The molecule has 0 amide bonds. The number of hydrogen-bond acceptors (Lipinski definition) is 10. The zero-order valence-electron chi connectivity index (χ0n) is 20.6. The van der Waals surface area contributed by atoms with Gasteiger partial charge in [0, 0.05) is 43.5 Å². The Morgan fingerprint density at radius 2 is 1.81 bits per heavy atom. The van der Waals surface area contributed by atoms with Crippen LogP contribution in [0.2, 0.25) is 5.02 Å². The highest BCUT2D eigenvalue weighted by Gasteiger charge is 2.34. The Kier molecular flexibility index (Phi) is 8.00. The average Bonchev–Trinajstić information content (AvgIpc) is 3.32. The second kappa shape index (κ2) is 11.2. The third-order valence-electron chi connectivity index (χ3n) is 5.76. The van der Waals surface area contributed by atoms with Gasteiger partial charge in [0.15, 0.2) is 27.2 Å². The van der Waals surface area contributed by atoms with Gasteiger partial charge in [-0.25, -0.2) is 13.4 Å². The molecule has 4 aromatic rings. The zero-order valence-corrected chi connectivity index (χ0v) is 22.1. The topological polar surface area (TPSA) is 131 Å². The van der Waals surface area contributed by atoms with Gasteiger partial charge >= 0.3 is 0 Å². The molecule has 4 aromatic heterocycles. The van der Waals surface area contributed by atoms with Crippen LogP contribution < -0.4 is 9.47 Å². The number of pyridine rings is 3. The van der Waals surface area contributed by atoms with Crippen LogP contribution in [0.4, 0.5) is 0 Å². The molecule has 2 atom stereocenters. The van der Waals surface area contributed by atoms with Crippen LogP contribution in [-0.4, -0.2) is 64.7 Å². The molecule has 0 unspecified atom stereocenters. The van der Waals surface area contributed by atoms with Gasteiger partial charge in [-0.15, -0.1) is 10.2 Å². The number of nitrogens with zero attached hydrogens (tertiary/aromatic N) is 6. The molecule has 0 N–H and O–H groups in total. The van der Waals surface area contributed by atoms with Crippen molar-refractivity contribution in [1.29, 1.82) is 0 Å². The number of sulfone groups is 1. The molecule has 4 rings (SSSR count). The molecule has 0 spiro atoms. The normalized spacial score (nSPS) is 13.2. The predicted octanol–water partition coefficient (Wildman–Crippen LogP) is 3.48. The van der Waals surface area contributed by atoms with E-state index in [0.717, 1.165) is 0 Å². The lowest BCUT2D eigenvalue weighted by Crippen LogP contribution is -2.29. The van der Waals surface area contributed by atoms with Crippen molar-refractivity contribution in [2.75, 3.05) is 21.3 Å². The third-order valence-corrected chi connectivity index (χ3v) is 8.02. The molecule has 0 aromatic carbocycles. The van der Waals surface area contributed by atoms with Gasteiger partial charge in [-0.1, -0.05) is 11.6 Å². The molecule has 0 saturated heterocycles. The lowest BCUT2D eigenvalue weighted by molar-refractivity contribution is 0.0987. The largest absolute Gasteiger partial charge is 0.494 e. The van der Waals surface area contributed by atoms with Crippen LogP contribution in [-0.2, 0) is 20.3 Å². The highest BCUT2D eigenvalue weighted by atomic mass is 35.5. The van der Waals surface area contributed by atoms with Gasteiger partial charge in [0.25, 0.3) is 0 Å². The molecule has 0 saturated carbocycles. The molecule has 0 aliphatic carbocycles. The van der Waals surface area contributed by atoms with E-state index in [1.165, 1.54) is 33.7 Å². The van der Waals surface area contributed by atoms with E-state index in [0.29, 0.717) is 33.5 Å². The summed E-state index contributed by atoms with van der Waals surface area (Å²) < 4.78 is 45.5. The first kappa shape index (κ1) is 26.5. The summed E-state index contributed by atoms with van der Waals surface area (Å²) in [7, 11) is 0.523. The van der Waals surface area contributed by atoms with E-state index in [9.17, 15) is 8.42 Å². The summed E-state index contributed by atoms with van der Waals surface area (Å²) in [6.45, 7) is 1.56. The third kappa shape index (κ3) is 5.41. The van der Waals surface area contributed by atoms with Crippen molar-refractivity contribution in [2.24, 2.45) is 0 Å². The van der Waals surface area contributed by atoms with Crippen LogP contribution in [0, 0.1) is 0 Å². The number of methoxy groups -OCH3 is 3. The maximum atomic E-state index is 13.7. The molecular weight excluding hydrogens is 520 g/mol. The second-order valence-electron chi connectivity index (χ2n) is 7.96. The van der Waals surface area contributed by atoms with Crippen LogP contribution in [0.3, 0.4) is 0 Å². The Hall–Kier alpha value is -3.61. The minimum absolute atomic E-state index is 0.134. The molecule has 37 heavy (non-hydrogen) atoms. The maximum absolute atomic E-state index is 13.7. The standard InChI is InChI=1S/C24H25ClN6O5S/c1-15(22(35-3)18-8-7-17(25)13-28-18)37(32,33)14-20-29-30-23(16-6-5-10-26-12-16)31(20)21-19(34-2)9-11-27-24(21)36-4/h5-13,15,22H,14H2,1-4H3/t15-,22-/m1/s1. The lowest BCUT2D eigenvalue weighted by Gasteiger charge is -2.23. The fourth-order valence-electron chi connectivity index (χ4n) is 3.87. The number of ether oxygens (including phenoxy) is 3. The van der Waals surface area contributed by atoms with Gasteiger partial charge in [-0.05, 0) is 31.2 Å². The molecule has 11 nitrogen and oxygen atoms in total. The predicted molar refractivity (Wildman–Crippen MR) is 137 cm³/mol. The van der Waals surface area contributed by atoms with Crippen LogP contribution >= 0.6 is 11.6 Å². The van der Waals surface area contributed by atoms with Gasteiger partial charge in [0.05, 0.1) is 30.2 Å². The summed E-state index contributed by atoms with van der Waals surface area (Å²) >= 11 is 5.94. The van der Waals surface area contributed by atoms with Gasteiger partial charge in [-0.3, -0.25) is 14.5 Å². The molecule has 0 aliphatic rings. The molecule has 0 bridgehead atoms. The zero-order chi connectivity index (χ0) is 26.6. The van der Waals surface area contributed by atoms with Crippen molar-refractivity contribution in [1.82, 2.24) is 29.7 Å². The van der Waals surface area contributed by atoms with Crippen molar-refractivity contribution in [3.8, 4) is 28.7 Å². The number of hydrogen-bond donors (Lipinski definition) is 0. The minimum atomic E-state index is -3.86. The summed E-state index contributed by atoms with van der Waals surface area (Å²) in [5.41, 5.74) is 1.41. The molecule has 194 valence electrons. The summed E-state index contributed by atoms with van der Waals surface area (Å²) in [4.78, 5) is 12.7. The average molecular weight is 545 g/mol. The summed E-state index contributed by atoms with van der Waals surface area (Å²) in [5, 5.41) is 8.01. The Bertz CT molecular complexity index is 1440. The van der Waals surface area contributed by atoms with Crippen molar-refractivity contribution in [3.05, 3.63) is 71.7 Å². The van der Waals surface area contributed by atoms with E-state index in [1.54, 1.807) is 54.2 Å². The fraction of sp³-hybridized carbons (Fsp3) is 0.292. The van der Waals surface area contributed by atoms with Crippen molar-refractivity contribution in [3.63, 3.8) is 0 Å². The quantitative estimate of drug-likeness (QED) is 0.292. The van der Waals surface area contributed by atoms with E-state index in [-0.39, 0.29) is 11.7 Å². The first-order chi connectivity index (χ1) is 17.8. The van der Waals surface area contributed by atoms with Crippen LogP contribution in [0.25, 0.3) is 17.1 Å². The maximum Gasteiger partial charge on any atom is 0.242 e. The molecular formula is C24H25ClN6O5S. The van der Waals surface area contributed by atoms with E-state index < -0.39 is 26.9 Å². The monoisotopic (exact) mass is 544 g/mol. The Labute approximate surface area is 219 Å². The van der Waals surface area contributed by atoms with Gasteiger partial charge < -0.3 is 14.2 Å². The summed E-state index contributed by atoms with van der Waals surface area (Å²) in [6.07, 6.45) is 5.36. The summed E-state index contributed by atoms with van der Waals surface area (Å²) in [5.74, 6) is 0.614. The van der Waals surface area contributed by atoms with Gasteiger partial charge in [-0.2, -0.15) is 0 Å². The number of halogens is 1. The van der Waals surface area contributed by atoms with E-state index in [2.05, 4.69) is 25.1 Å². The smallest absolute Gasteiger partial charge is 0.242 e. The van der Waals surface area contributed by atoms with Crippen molar-refractivity contribution >= 4 is 21.4 Å². The molecule has 4 heterocycles. The Morgan fingerprint density at radius 3 is 2.43 bits per heavy atom. The van der Waals surface area contributed by atoms with Gasteiger partial charge in [0.2, 0.25) is 5.88 Å².